The standard InChI is InChI=1S/C35H43F2N3O7S/c1-45-32-10-9-30(18-31(32)24-5-7-25(8-6-24)34(38)11-12-34)48(43,44)40-15-13-33(14-16-40)19-27(21-47-33)39-20-28(42)22-46-29-4-2-3-26(17-29)35(36,37)23-41/h2-10,17-18,27-28,39,41-42H,11-16,19-23,38H2,1H3/t27-,28-/m0/s1. The lowest BCUT2D eigenvalue weighted by Crippen LogP contribution is -2.47. The van der Waals surface area contributed by atoms with Crippen LogP contribution < -0.4 is 20.5 Å². The predicted molar refractivity (Wildman–Crippen MR) is 176 cm³/mol. The SMILES string of the molecule is COc1ccc(S(=O)(=O)N2CCC3(CC2)C[C@H](NC[C@H](O)COc2cccc(C(F)(F)CO)c2)CO3)cc1-c1ccc(C2(N)CC2)cc1. The second-order valence-electron chi connectivity index (χ2n) is 13.2. The summed E-state index contributed by atoms with van der Waals surface area (Å²) >= 11 is 0. The molecule has 2 heterocycles. The number of rotatable bonds is 13. The Kier molecular flexibility index (Phi) is 9.84. The van der Waals surface area contributed by atoms with Gasteiger partial charge in [-0.2, -0.15) is 13.1 Å². The molecule has 13 heteroatoms. The van der Waals surface area contributed by atoms with E-state index in [9.17, 15) is 22.3 Å². The van der Waals surface area contributed by atoms with Gasteiger partial charge in [0, 0.05) is 42.3 Å². The number of nitrogens with two attached hydrogens (primary N) is 1. The molecular formula is C35H43F2N3O7S. The smallest absolute Gasteiger partial charge is 0.295 e. The minimum absolute atomic E-state index is 0.0426. The Labute approximate surface area is 279 Å². The summed E-state index contributed by atoms with van der Waals surface area (Å²) in [6.45, 7) is -0.170. The van der Waals surface area contributed by atoms with Crippen LogP contribution in [0, 0.1) is 0 Å². The van der Waals surface area contributed by atoms with Crippen LogP contribution in [0.25, 0.3) is 11.1 Å². The zero-order valence-electron chi connectivity index (χ0n) is 26.9. The first-order chi connectivity index (χ1) is 22.9. The minimum Gasteiger partial charge on any atom is -0.496 e. The molecule has 1 saturated carbocycles. The van der Waals surface area contributed by atoms with Crippen LogP contribution >= 0.6 is 0 Å². The second-order valence-corrected chi connectivity index (χ2v) is 15.1. The monoisotopic (exact) mass is 687 g/mol. The third-order valence-corrected chi connectivity index (χ3v) is 11.6. The number of hydrogen-bond acceptors (Lipinski definition) is 9. The number of benzene rings is 3. The number of nitrogens with zero attached hydrogens (tertiary/aromatic N) is 1. The van der Waals surface area contributed by atoms with Gasteiger partial charge in [0.1, 0.15) is 30.8 Å². The van der Waals surface area contributed by atoms with Crippen LogP contribution in [0.2, 0.25) is 0 Å². The first-order valence-electron chi connectivity index (χ1n) is 16.2. The molecule has 0 unspecified atom stereocenters. The average Bonchev–Trinajstić information content (AvgIpc) is 3.74. The van der Waals surface area contributed by atoms with Crippen molar-refractivity contribution in [2.75, 3.05) is 46.6 Å². The van der Waals surface area contributed by atoms with E-state index >= 15 is 0 Å². The molecule has 48 heavy (non-hydrogen) atoms. The summed E-state index contributed by atoms with van der Waals surface area (Å²) < 4.78 is 73.9. The van der Waals surface area contributed by atoms with Crippen LogP contribution in [0.3, 0.4) is 0 Å². The fourth-order valence-electron chi connectivity index (χ4n) is 6.54. The number of halogens is 2. The Balaban J connectivity index is 1.01. The largest absolute Gasteiger partial charge is 0.496 e. The number of alkyl halides is 2. The van der Waals surface area contributed by atoms with E-state index in [1.54, 1.807) is 25.3 Å². The molecule has 1 aliphatic carbocycles. The van der Waals surface area contributed by atoms with Gasteiger partial charge in [-0.25, -0.2) is 8.42 Å². The first-order valence-corrected chi connectivity index (χ1v) is 17.7. The average molecular weight is 688 g/mol. The van der Waals surface area contributed by atoms with Crippen molar-refractivity contribution in [2.24, 2.45) is 5.73 Å². The van der Waals surface area contributed by atoms with Crippen molar-refractivity contribution >= 4 is 10.0 Å². The topological polar surface area (TPSA) is 144 Å². The zero-order chi connectivity index (χ0) is 34.2. The Morgan fingerprint density at radius 3 is 2.48 bits per heavy atom. The normalized spacial score (nSPS) is 21.2. The van der Waals surface area contributed by atoms with Crippen molar-refractivity contribution in [3.63, 3.8) is 0 Å². The van der Waals surface area contributed by atoms with Gasteiger partial charge in [-0.1, -0.05) is 36.4 Å². The Bertz CT molecular complexity index is 1690. The van der Waals surface area contributed by atoms with E-state index < -0.39 is 34.3 Å². The van der Waals surface area contributed by atoms with Crippen molar-refractivity contribution in [1.29, 1.82) is 0 Å². The lowest BCUT2D eigenvalue weighted by molar-refractivity contribution is -0.0557. The maximum absolute atomic E-state index is 13.8. The fourth-order valence-corrected chi connectivity index (χ4v) is 8.01. The Hall–Kier alpha value is -3.17. The summed E-state index contributed by atoms with van der Waals surface area (Å²) in [5.41, 5.74) is 7.87. The molecule has 0 amide bonds. The van der Waals surface area contributed by atoms with E-state index in [2.05, 4.69) is 5.32 Å². The van der Waals surface area contributed by atoms with E-state index in [1.807, 2.05) is 24.3 Å². The molecule has 2 atom stereocenters. The summed E-state index contributed by atoms with van der Waals surface area (Å²) in [5, 5.41) is 22.7. The highest BCUT2D eigenvalue weighted by molar-refractivity contribution is 7.89. The molecule has 2 aliphatic heterocycles. The number of nitrogens with one attached hydrogen (secondary N) is 1. The molecule has 2 saturated heterocycles. The molecule has 3 fully saturated rings. The van der Waals surface area contributed by atoms with Crippen LogP contribution in [0.15, 0.2) is 71.6 Å². The molecular weight excluding hydrogens is 644 g/mol. The van der Waals surface area contributed by atoms with Crippen LogP contribution in [0.1, 0.15) is 43.2 Å². The summed E-state index contributed by atoms with van der Waals surface area (Å²) in [4.78, 5) is 0.202. The maximum atomic E-state index is 13.8. The quantitative estimate of drug-likeness (QED) is 0.211. The number of aliphatic hydroxyl groups excluding tert-OH is 2. The molecule has 0 aromatic heterocycles. The summed E-state index contributed by atoms with van der Waals surface area (Å²) in [6.07, 6.45) is 2.75. The number of hydrogen-bond donors (Lipinski definition) is 4. The highest BCUT2D eigenvalue weighted by Gasteiger charge is 2.45. The van der Waals surface area contributed by atoms with E-state index in [-0.39, 0.29) is 40.9 Å². The fraction of sp³-hybridized carbons (Fsp3) is 0.486. The Morgan fingerprint density at radius 2 is 1.81 bits per heavy atom. The van der Waals surface area contributed by atoms with Crippen LogP contribution in [-0.2, 0) is 26.2 Å². The van der Waals surface area contributed by atoms with Gasteiger partial charge >= 0.3 is 0 Å². The van der Waals surface area contributed by atoms with Crippen LogP contribution in [-0.4, -0.2) is 87.2 Å². The second kappa shape index (κ2) is 13.6. The van der Waals surface area contributed by atoms with Crippen LogP contribution in [0.5, 0.6) is 11.5 Å². The van der Waals surface area contributed by atoms with Gasteiger partial charge < -0.3 is 35.5 Å². The summed E-state index contributed by atoms with van der Waals surface area (Å²) in [7, 11) is -2.21. The molecule has 260 valence electrons. The van der Waals surface area contributed by atoms with Crippen molar-refractivity contribution < 1.29 is 41.6 Å². The van der Waals surface area contributed by atoms with Crippen molar-refractivity contribution in [2.45, 2.75) is 66.2 Å². The lowest BCUT2D eigenvalue weighted by atomic mass is 9.88. The lowest BCUT2D eigenvalue weighted by Gasteiger charge is -2.38. The van der Waals surface area contributed by atoms with Crippen molar-refractivity contribution in [3.8, 4) is 22.6 Å². The number of sulfonamides is 1. The van der Waals surface area contributed by atoms with Gasteiger partial charge in [-0.3, -0.25) is 0 Å². The van der Waals surface area contributed by atoms with E-state index in [1.165, 1.54) is 22.5 Å². The molecule has 3 aliphatic rings. The molecule has 0 radical (unpaired) electrons. The molecule has 3 aromatic carbocycles. The summed E-state index contributed by atoms with van der Waals surface area (Å²) in [5.74, 6) is -2.63. The maximum Gasteiger partial charge on any atom is 0.295 e. The van der Waals surface area contributed by atoms with Crippen LogP contribution in [0.4, 0.5) is 8.78 Å². The van der Waals surface area contributed by atoms with Gasteiger partial charge in [0.05, 0.1) is 24.2 Å². The molecule has 6 rings (SSSR count). The van der Waals surface area contributed by atoms with Gasteiger partial charge in [-0.05, 0) is 73.6 Å². The summed E-state index contributed by atoms with van der Waals surface area (Å²) in [6, 6.07) is 18.1. The van der Waals surface area contributed by atoms with E-state index in [4.69, 9.17) is 25.1 Å². The molecule has 1 spiro atoms. The van der Waals surface area contributed by atoms with Gasteiger partial charge in [0.25, 0.3) is 5.92 Å². The van der Waals surface area contributed by atoms with Gasteiger partial charge in [0.2, 0.25) is 10.0 Å². The zero-order valence-corrected chi connectivity index (χ0v) is 27.7. The van der Waals surface area contributed by atoms with Crippen molar-refractivity contribution in [1.82, 2.24) is 9.62 Å². The highest BCUT2D eigenvalue weighted by atomic mass is 32.2. The van der Waals surface area contributed by atoms with Crippen molar-refractivity contribution in [3.05, 3.63) is 77.9 Å². The van der Waals surface area contributed by atoms with Gasteiger partial charge in [0.15, 0.2) is 0 Å². The minimum atomic E-state index is -3.78. The molecule has 3 aromatic rings. The number of piperidine rings is 1. The van der Waals surface area contributed by atoms with E-state index in [0.717, 1.165) is 30.0 Å². The van der Waals surface area contributed by atoms with Gasteiger partial charge in [-0.15, -0.1) is 0 Å². The number of ether oxygens (including phenoxy) is 3. The number of aliphatic hydroxyl groups is 2. The van der Waals surface area contributed by atoms with E-state index in [0.29, 0.717) is 50.3 Å². The molecule has 5 N–H and O–H groups in total. The number of methoxy groups -OCH3 is 1. The third-order valence-electron chi connectivity index (χ3n) is 9.75. The highest BCUT2D eigenvalue weighted by Crippen LogP contribution is 2.44. The Morgan fingerprint density at radius 1 is 1.08 bits per heavy atom. The molecule has 0 bridgehead atoms. The third kappa shape index (κ3) is 7.37. The molecule has 10 nitrogen and oxygen atoms in total. The first kappa shape index (κ1) is 34.7. The predicted octanol–water partition coefficient (Wildman–Crippen LogP) is 3.74.